The second-order valence-electron chi connectivity index (χ2n) is 3.66. The van der Waals surface area contributed by atoms with Crippen LogP contribution >= 0.6 is 15.9 Å². The van der Waals surface area contributed by atoms with Crippen molar-refractivity contribution >= 4 is 21.6 Å². The third-order valence-corrected chi connectivity index (χ3v) is 3.06. The van der Waals surface area contributed by atoms with Crippen molar-refractivity contribution in [3.05, 3.63) is 21.0 Å². The fraction of sp³-hybridized carbons (Fsp3) is 0.636. The van der Waals surface area contributed by atoms with Crippen LogP contribution in [0, 0.1) is 0 Å². The maximum atomic E-state index is 11.9. The number of nitrogens with one attached hydrogen (secondary N) is 1. The summed E-state index contributed by atoms with van der Waals surface area (Å²) in [5.41, 5.74) is 0.407. The number of ether oxygens (including phenoxy) is 2. The molecule has 0 spiro atoms. The highest BCUT2D eigenvalue weighted by atomic mass is 79.9. The molecule has 0 aliphatic heterocycles. The molecule has 0 radical (unpaired) electrons. The number of aromatic nitrogens is 2. The third kappa shape index (κ3) is 5.27. The highest BCUT2D eigenvalue weighted by Crippen LogP contribution is 2.15. The number of nitrogens with zero attached hydrogens (tertiary/aromatic N) is 2. The van der Waals surface area contributed by atoms with E-state index in [-0.39, 0.29) is 12.2 Å². The molecule has 0 aromatic carbocycles. The summed E-state index contributed by atoms with van der Waals surface area (Å²) in [5.74, 6) is 0. The largest absolute Gasteiger partial charge is 0.394 e. The van der Waals surface area contributed by atoms with Crippen molar-refractivity contribution in [2.24, 2.45) is 0 Å². The minimum absolute atomic E-state index is 0.000788. The van der Waals surface area contributed by atoms with Gasteiger partial charge in [0, 0.05) is 13.7 Å². The quantitative estimate of drug-likeness (QED) is 0.621. The molecular formula is C11H18BrN3O4. The Morgan fingerprint density at radius 1 is 1.47 bits per heavy atom. The van der Waals surface area contributed by atoms with Crippen LogP contribution in [-0.2, 0) is 16.0 Å². The summed E-state index contributed by atoms with van der Waals surface area (Å²) in [7, 11) is 1.57. The van der Waals surface area contributed by atoms with Crippen LogP contribution in [-0.4, -0.2) is 55.0 Å². The van der Waals surface area contributed by atoms with Gasteiger partial charge in [0.15, 0.2) is 0 Å². The van der Waals surface area contributed by atoms with Crippen molar-refractivity contribution in [2.45, 2.75) is 6.54 Å². The van der Waals surface area contributed by atoms with Gasteiger partial charge in [-0.1, -0.05) is 0 Å². The second kappa shape index (κ2) is 9.03. The summed E-state index contributed by atoms with van der Waals surface area (Å²) in [6.07, 6.45) is 1.58. The van der Waals surface area contributed by atoms with E-state index in [1.54, 1.807) is 13.3 Å². The first-order valence-electron chi connectivity index (χ1n) is 5.87. The molecular weight excluding hydrogens is 318 g/mol. The SMILES string of the molecule is COCCn1ncc(NCCOCCO)c(Br)c1=O. The van der Waals surface area contributed by atoms with Crippen molar-refractivity contribution in [1.29, 1.82) is 0 Å². The lowest BCUT2D eigenvalue weighted by Crippen LogP contribution is -2.26. The lowest BCUT2D eigenvalue weighted by Gasteiger charge is -2.10. The average Bonchev–Trinajstić information content (AvgIpc) is 2.42. The zero-order valence-electron chi connectivity index (χ0n) is 10.8. The summed E-state index contributed by atoms with van der Waals surface area (Å²) in [6.45, 7) is 2.12. The van der Waals surface area contributed by atoms with Crippen LogP contribution in [0.1, 0.15) is 0 Å². The van der Waals surface area contributed by atoms with Gasteiger partial charge in [0.25, 0.3) is 5.56 Å². The van der Waals surface area contributed by atoms with Gasteiger partial charge in [-0.3, -0.25) is 4.79 Å². The molecule has 0 amide bonds. The molecule has 2 N–H and O–H groups in total. The molecule has 108 valence electrons. The van der Waals surface area contributed by atoms with E-state index in [1.165, 1.54) is 4.68 Å². The average molecular weight is 336 g/mol. The van der Waals surface area contributed by atoms with Crippen molar-refractivity contribution in [3.63, 3.8) is 0 Å². The summed E-state index contributed by atoms with van der Waals surface area (Å²) < 4.78 is 11.8. The fourth-order valence-electron chi connectivity index (χ4n) is 1.35. The first-order valence-corrected chi connectivity index (χ1v) is 6.67. The van der Waals surface area contributed by atoms with Gasteiger partial charge in [0.1, 0.15) is 4.47 Å². The van der Waals surface area contributed by atoms with Crippen molar-refractivity contribution in [1.82, 2.24) is 9.78 Å². The van der Waals surface area contributed by atoms with Gasteiger partial charge in [-0.25, -0.2) is 4.68 Å². The number of hydrogen-bond donors (Lipinski definition) is 2. The Labute approximate surface area is 119 Å². The molecule has 0 saturated carbocycles. The van der Waals surface area contributed by atoms with Crippen molar-refractivity contribution in [2.75, 3.05) is 45.4 Å². The number of anilines is 1. The molecule has 1 aromatic heterocycles. The van der Waals surface area contributed by atoms with Crippen LogP contribution in [0.2, 0.25) is 0 Å². The van der Waals surface area contributed by atoms with Gasteiger partial charge in [0.2, 0.25) is 0 Å². The first kappa shape index (κ1) is 16.1. The van der Waals surface area contributed by atoms with Crippen LogP contribution < -0.4 is 10.9 Å². The normalized spacial score (nSPS) is 10.7. The summed E-state index contributed by atoms with van der Waals surface area (Å²) >= 11 is 3.25. The molecule has 0 unspecified atom stereocenters. The van der Waals surface area contributed by atoms with E-state index in [9.17, 15) is 4.79 Å². The Morgan fingerprint density at radius 2 is 2.26 bits per heavy atom. The minimum Gasteiger partial charge on any atom is -0.394 e. The lowest BCUT2D eigenvalue weighted by molar-refractivity contribution is 0.0992. The van der Waals surface area contributed by atoms with Gasteiger partial charge < -0.3 is 19.9 Å². The molecule has 0 saturated heterocycles. The predicted octanol–water partition coefficient (Wildman–Crippen LogP) is 0.0730. The highest BCUT2D eigenvalue weighted by Gasteiger charge is 2.08. The Hall–Kier alpha value is -0.960. The van der Waals surface area contributed by atoms with Crippen LogP contribution in [0.15, 0.2) is 15.5 Å². The highest BCUT2D eigenvalue weighted by molar-refractivity contribution is 9.10. The Bertz CT molecular complexity index is 438. The predicted molar refractivity (Wildman–Crippen MR) is 74.5 cm³/mol. The first-order chi connectivity index (χ1) is 9.20. The topological polar surface area (TPSA) is 85.6 Å². The molecule has 1 rings (SSSR count). The van der Waals surface area contributed by atoms with Gasteiger partial charge >= 0.3 is 0 Å². The Morgan fingerprint density at radius 3 is 2.95 bits per heavy atom. The van der Waals surface area contributed by atoms with E-state index in [0.29, 0.717) is 43.1 Å². The Balaban J connectivity index is 2.56. The molecule has 0 aliphatic rings. The van der Waals surface area contributed by atoms with E-state index in [4.69, 9.17) is 14.6 Å². The maximum absolute atomic E-state index is 11.9. The molecule has 1 heterocycles. The van der Waals surface area contributed by atoms with Gasteiger partial charge in [-0.05, 0) is 15.9 Å². The standard InChI is InChI=1S/C11H18BrN3O4/c1-18-6-3-15-11(17)10(12)9(8-14-15)13-2-5-19-7-4-16/h8,13,16H,2-7H2,1H3. The number of methoxy groups -OCH3 is 1. The van der Waals surface area contributed by atoms with Crippen molar-refractivity contribution in [3.8, 4) is 0 Å². The van der Waals surface area contributed by atoms with Crippen LogP contribution in [0.5, 0.6) is 0 Å². The third-order valence-electron chi connectivity index (χ3n) is 2.29. The molecule has 0 aliphatic carbocycles. The molecule has 0 bridgehead atoms. The zero-order chi connectivity index (χ0) is 14.1. The summed E-state index contributed by atoms with van der Waals surface area (Å²) in [4.78, 5) is 11.9. The summed E-state index contributed by atoms with van der Waals surface area (Å²) in [5, 5.41) is 15.6. The molecule has 8 heteroatoms. The molecule has 7 nitrogen and oxygen atoms in total. The van der Waals surface area contributed by atoms with Gasteiger partial charge in [-0.15, -0.1) is 0 Å². The fourth-order valence-corrected chi connectivity index (χ4v) is 1.80. The molecule has 1 aromatic rings. The number of hydrogen-bond acceptors (Lipinski definition) is 6. The summed E-state index contributed by atoms with van der Waals surface area (Å²) in [6, 6.07) is 0. The second-order valence-corrected chi connectivity index (χ2v) is 4.45. The molecule has 0 fully saturated rings. The molecule has 19 heavy (non-hydrogen) atoms. The number of halogens is 1. The van der Waals surface area contributed by atoms with E-state index >= 15 is 0 Å². The number of aliphatic hydroxyl groups excluding tert-OH is 1. The number of rotatable bonds is 9. The van der Waals surface area contributed by atoms with Gasteiger partial charge in [0.05, 0.1) is 44.9 Å². The van der Waals surface area contributed by atoms with Crippen LogP contribution in [0.25, 0.3) is 0 Å². The van der Waals surface area contributed by atoms with E-state index < -0.39 is 0 Å². The lowest BCUT2D eigenvalue weighted by atomic mass is 10.4. The van der Waals surface area contributed by atoms with E-state index in [1.807, 2.05) is 0 Å². The maximum Gasteiger partial charge on any atom is 0.283 e. The zero-order valence-corrected chi connectivity index (χ0v) is 12.4. The van der Waals surface area contributed by atoms with E-state index in [0.717, 1.165) is 0 Å². The van der Waals surface area contributed by atoms with Crippen molar-refractivity contribution < 1.29 is 14.6 Å². The molecule has 0 atom stereocenters. The van der Waals surface area contributed by atoms with Crippen LogP contribution in [0.4, 0.5) is 5.69 Å². The monoisotopic (exact) mass is 335 g/mol. The van der Waals surface area contributed by atoms with E-state index in [2.05, 4.69) is 26.3 Å². The van der Waals surface area contributed by atoms with Gasteiger partial charge in [-0.2, -0.15) is 5.10 Å². The van der Waals surface area contributed by atoms with Crippen LogP contribution in [0.3, 0.4) is 0 Å². The minimum atomic E-state index is -0.210. The Kier molecular flexibility index (Phi) is 7.65. The smallest absolute Gasteiger partial charge is 0.283 e. The number of aliphatic hydroxyl groups is 1.